The zero-order chi connectivity index (χ0) is 19.7. The van der Waals surface area contributed by atoms with E-state index < -0.39 is 40.9 Å². The van der Waals surface area contributed by atoms with Gasteiger partial charge in [0.2, 0.25) is 34.9 Å². The van der Waals surface area contributed by atoms with Crippen LogP contribution in [-0.4, -0.2) is 32.2 Å². The van der Waals surface area contributed by atoms with Crippen molar-refractivity contribution in [2.24, 2.45) is 0 Å². The van der Waals surface area contributed by atoms with Gasteiger partial charge in [0, 0.05) is 20.0 Å². The maximum absolute atomic E-state index is 13.7. The fourth-order valence-corrected chi connectivity index (χ4v) is 2.05. The molecular weight excluding hydrogens is 360 g/mol. The van der Waals surface area contributed by atoms with Gasteiger partial charge in [-0.05, 0) is 12.8 Å². The van der Waals surface area contributed by atoms with Gasteiger partial charge in [0.15, 0.2) is 5.75 Å². The number of carbonyl (C=O) groups is 2. The van der Waals surface area contributed by atoms with Crippen LogP contribution in [0.4, 0.5) is 22.4 Å². The van der Waals surface area contributed by atoms with Gasteiger partial charge >= 0.3 is 6.09 Å². The van der Waals surface area contributed by atoms with E-state index in [1.54, 1.807) is 0 Å². The van der Waals surface area contributed by atoms with Crippen molar-refractivity contribution in [3.63, 3.8) is 0 Å². The molecule has 0 aromatic heterocycles. The molecule has 6 nitrogen and oxygen atoms in total. The number of nitrogens with one attached hydrogen (secondary N) is 2. The number of benzene rings is 1. The Morgan fingerprint density at radius 1 is 0.808 bits per heavy atom. The number of hydrogen-bond donors (Lipinski definition) is 2. The first-order valence-electron chi connectivity index (χ1n) is 7.89. The number of unbranched alkanes of at least 4 members (excludes halogenated alkanes) is 3. The van der Waals surface area contributed by atoms with Gasteiger partial charge in [-0.2, -0.15) is 17.6 Å². The molecule has 0 aliphatic carbocycles. The molecular formula is C16H20F4N2O4. The van der Waals surface area contributed by atoms with E-state index in [0.717, 1.165) is 26.4 Å². The lowest BCUT2D eigenvalue weighted by Gasteiger charge is -2.11. The third kappa shape index (κ3) is 6.08. The minimum Gasteiger partial charge on any atom is -0.491 e. The van der Waals surface area contributed by atoms with Crippen molar-refractivity contribution in [2.75, 3.05) is 20.2 Å². The molecule has 1 aromatic rings. The second kappa shape index (κ2) is 10.5. The van der Waals surface area contributed by atoms with Crippen molar-refractivity contribution < 1.29 is 36.6 Å². The molecule has 0 unspecified atom stereocenters. The molecule has 0 saturated carbocycles. The summed E-state index contributed by atoms with van der Waals surface area (Å²) in [5, 5.41) is 4.86. The minimum atomic E-state index is -1.87. The number of ether oxygens (including phenoxy) is 2. The zero-order valence-corrected chi connectivity index (χ0v) is 14.4. The summed E-state index contributed by atoms with van der Waals surface area (Å²) in [7, 11) is 0.837. The van der Waals surface area contributed by atoms with Crippen LogP contribution in [0.1, 0.15) is 32.6 Å². The lowest BCUT2D eigenvalue weighted by Crippen LogP contribution is -2.28. The molecule has 0 fully saturated rings. The number of carbonyl (C=O) groups excluding carboxylic acids is 2. The topological polar surface area (TPSA) is 76.7 Å². The molecule has 0 heterocycles. The van der Waals surface area contributed by atoms with E-state index in [2.05, 4.69) is 20.1 Å². The maximum atomic E-state index is 13.7. The first-order valence-corrected chi connectivity index (χ1v) is 7.89. The molecule has 1 aromatic carbocycles. The van der Waals surface area contributed by atoms with Crippen LogP contribution in [0.5, 0.6) is 11.5 Å². The first kappa shape index (κ1) is 21.5. The molecule has 1 rings (SSSR count). The maximum Gasteiger partial charge on any atom is 0.412 e. The quantitative estimate of drug-likeness (QED) is 0.392. The van der Waals surface area contributed by atoms with Gasteiger partial charge in [-0.15, -0.1) is 0 Å². The largest absolute Gasteiger partial charge is 0.491 e. The van der Waals surface area contributed by atoms with Gasteiger partial charge < -0.3 is 20.1 Å². The van der Waals surface area contributed by atoms with Gasteiger partial charge in [-0.3, -0.25) is 4.79 Å². The Hall–Kier alpha value is -2.52. The molecule has 146 valence electrons. The van der Waals surface area contributed by atoms with Crippen molar-refractivity contribution >= 4 is 12.0 Å². The van der Waals surface area contributed by atoms with Crippen molar-refractivity contribution in [3.8, 4) is 11.5 Å². The molecule has 2 amide bonds. The van der Waals surface area contributed by atoms with Crippen LogP contribution < -0.4 is 20.1 Å². The van der Waals surface area contributed by atoms with E-state index in [-0.39, 0.29) is 12.5 Å². The number of amides is 2. The Balaban J connectivity index is 2.43. The molecule has 2 N–H and O–H groups in total. The zero-order valence-electron chi connectivity index (χ0n) is 14.4. The molecule has 10 heteroatoms. The van der Waals surface area contributed by atoms with Crippen LogP contribution in [0.25, 0.3) is 0 Å². The predicted octanol–water partition coefficient (Wildman–Crippen LogP) is 3.04. The third-order valence-electron chi connectivity index (χ3n) is 3.33. The SMILES string of the molecule is COc1c(F)c(F)c(OC(=O)NCCCCCCNC(C)=O)c(F)c1F. The average molecular weight is 380 g/mol. The van der Waals surface area contributed by atoms with E-state index in [4.69, 9.17) is 0 Å². The molecule has 0 saturated heterocycles. The second-order valence-electron chi connectivity index (χ2n) is 5.33. The summed E-state index contributed by atoms with van der Waals surface area (Å²) in [5.41, 5.74) is 0. The first-order chi connectivity index (χ1) is 12.3. The molecule has 0 spiro atoms. The number of methoxy groups -OCH3 is 1. The Morgan fingerprint density at radius 3 is 1.73 bits per heavy atom. The lowest BCUT2D eigenvalue weighted by molar-refractivity contribution is -0.118. The average Bonchev–Trinajstić information content (AvgIpc) is 2.59. The van der Waals surface area contributed by atoms with Gasteiger partial charge in [0.1, 0.15) is 0 Å². The number of hydrogen-bond acceptors (Lipinski definition) is 4. The Bertz CT molecular complexity index is 627. The smallest absolute Gasteiger partial charge is 0.412 e. The fourth-order valence-electron chi connectivity index (χ4n) is 2.05. The van der Waals surface area contributed by atoms with Crippen LogP contribution in [0.3, 0.4) is 0 Å². The van der Waals surface area contributed by atoms with Crippen LogP contribution in [0, 0.1) is 23.3 Å². The summed E-state index contributed by atoms with van der Waals surface area (Å²) >= 11 is 0. The summed E-state index contributed by atoms with van der Waals surface area (Å²) in [5.74, 6) is -10.2. The molecule has 0 radical (unpaired) electrons. The van der Waals surface area contributed by atoms with Crippen LogP contribution in [-0.2, 0) is 4.79 Å². The number of halogens is 4. The molecule has 0 aliphatic heterocycles. The summed E-state index contributed by atoms with van der Waals surface area (Å²) in [6.45, 7) is 2.11. The van der Waals surface area contributed by atoms with Gasteiger partial charge in [-0.25, -0.2) is 4.79 Å². The molecule has 0 aliphatic rings. The van der Waals surface area contributed by atoms with Crippen molar-refractivity contribution in [3.05, 3.63) is 23.3 Å². The van der Waals surface area contributed by atoms with Gasteiger partial charge in [0.05, 0.1) is 7.11 Å². The van der Waals surface area contributed by atoms with Gasteiger partial charge in [0.25, 0.3) is 0 Å². The molecule has 0 atom stereocenters. The fraction of sp³-hybridized carbons (Fsp3) is 0.500. The van der Waals surface area contributed by atoms with E-state index >= 15 is 0 Å². The predicted molar refractivity (Wildman–Crippen MR) is 84.0 cm³/mol. The van der Waals surface area contributed by atoms with Crippen LogP contribution in [0.2, 0.25) is 0 Å². The van der Waals surface area contributed by atoms with Crippen molar-refractivity contribution in [1.29, 1.82) is 0 Å². The van der Waals surface area contributed by atoms with Gasteiger partial charge in [-0.1, -0.05) is 12.8 Å². The highest BCUT2D eigenvalue weighted by molar-refractivity contribution is 5.72. The Morgan fingerprint density at radius 2 is 1.27 bits per heavy atom. The second-order valence-corrected chi connectivity index (χ2v) is 5.33. The summed E-state index contributed by atoms with van der Waals surface area (Å²) in [6, 6.07) is 0. The molecule has 0 bridgehead atoms. The lowest BCUT2D eigenvalue weighted by atomic mass is 10.2. The monoisotopic (exact) mass is 380 g/mol. The highest BCUT2D eigenvalue weighted by Crippen LogP contribution is 2.34. The summed E-state index contributed by atoms with van der Waals surface area (Å²) < 4.78 is 62.9. The highest BCUT2D eigenvalue weighted by Gasteiger charge is 2.28. The normalized spacial score (nSPS) is 10.4. The third-order valence-corrected chi connectivity index (χ3v) is 3.33. The number of rotatable bonds is 9. The summed E-state index contributed by atoms with van der Waals surface area (Å²) in [4.78, 5) is 22.2. The van der Waals surface area contributed by atoms with Crippen LogP contribution >= 0.6 is 0 Å². The van der Waals surface area contributed by atoms with Crippen LogP contribution in [0.15, 0.2) is 0 Å². The summed E-state index contributed by atoms with van der Waals surface area (Å²) in [6.07, 6.45) is 1.60. The van der Waals surface area contributed by atoms with E-state index in [0.29, 0.717) is 13.0 Å². The Kier molecular flexibility index (Phi) is 8.66. The van der Waals surface area contributed by atoms with Crippen molar-refractivity contribution in [2.45, 2.75) is 32.6 Å². The Labute approximate surface area is 147 Å². The van der Waals surface area contributed by atoms with E-state index in [1.165, 1.54) is 6.92 Å². The standard InChI is InChI=1S/C16H20F4N2O4/c1-9(23)21-7-5-3-4-6-8-22-16(24)26-15-12(19)10(17)14(25-2)11(18)13(15)20/h3-8H2,1-2H3,(H,21,23)(H,22,24). The van der Waals surface area contributed by atoms with Crippen molar-refractivity contribution in [1.82, 2.24) is 10.6 Å². The van der Waals surface area contributed by atoms with E-state index in [1.807, 2.05) is 0 Å². The van der Waals surface area contributed by atoms with E-state index in [9.17, 15) is 27.2 Å². The highest BCUT2D eigenvalue weighted by atomic mass is 19.2. The molecule has 26 heavy (non-hydrogen) atoms. The minimum absolute atomic E-state index is 0.111.